The first-order valence-electron chi connectivity index (χ1n) is 8.19. The van der Waals surface area contributed by atoms with E-state index in [1.54, 1.807) is 11.2 Å². The van der Waals surface area contributed by atoms with Gasteiger partial charge in [-0.15, -0.1) is 10.2 Å². The number of carbonyl (C=O) groups is 1. The normalized spacial score (nSPS) is 10.2. The first-order valence-corrected chi connectivity index (χ1v) is 9.17. The average molecular weight is 368 g/mol. The molecule has 1 amide bonds. The summed E-state index contributed by atoms with van der Waals surface area (Å²) < 4.78 is 1.86. The van der Waals surface area contributed by atoms with Gasteiger partial charge < -0.3 is 4.90 Å². The molecule has 134 valence electrons. The van der Waals surface area contributed by atoms with Gasteiger partial charge in [-0.3, -0.25) is 9.36 Å². The summed E-state index contributed by atoms with van der Waals surface area (Å²) in [5.41, 5.74) is 3.25. The number of carbonyl (C=O) groups excluding carboxylic acids is 1. The maximum atomic E-state index is 12.4. The third-order valence-corrected chi connectivity index (χ3v) is 4.72. The van der Waals surface area contributed by atoms with Crippen molar-refractivity contribution in [3.63, 3.8) is 0 Å². The van der Waals surface area contributed by atoms with Crippen LogP contribution >= 0.6 is 11.8 Å². The Kier molecular flexibility index (Phi) is 7.19. The summed E-state index contributed by atoms with van der Waals surface area (Å²) in [4.78, 5) is 14.0. The molecule has 0 fully saturated rings. The number of thioether (sulfide) groups is 1. The van der Waals surface area contributed by atoms with Crippen LogP contribution in [0.25, 0.3) is 5.69 Å². The van der Waals surface area contributed by atoms with Crippen molar-refractivity contribution in [2.24, 2.45) is 0 Å². The third-order valence-electron chi connectivity index (χ3n) is 3.79. The van der Waals surface area contributed by atoms with E-state index in [1.807, 2.05) is 42.7 Å². The van der Waals surface area contributed by atoms with Crippen LogP contribution in [0.5, 0.6) is 0 Å². The molecule has 0 aliphatic rings. The van der Waals surface area contributed by atoms with E-state index in [2.05, 4.69) is 16.3 Å². The van der Waals surface area contributed by atoms with Crippen molar-refractivity contribution < 1.29 is 4.79 Å². The summed E-state index contributed by atoms with van der Waals surface area (Å²) >= 11 is 1.30. The minimum absolute atomic E-state index is 0.115. The number of rotatable bonds is 8. The van der Waals surface area contributed by atoms with E-state index in [0.717, 1.165) is 11.3 Å². The van der Waals surface area contributed by atoms with Crippen molar-refractivity contribution in [2.75, 3.05) is 18.8 Å². The molecule has 0 unspecified atom stereocenters. The van der Waals surface area contributed by atoms with Gasteiger partial charge in [0.1, 0.15) is 6.33 Å². The van der Waals surface area contributed by atoms with Crippen molar-refractivity contribution in [1.82, 2.24) is 19.7 Å². The van der Waals surface area contributed by atoms with Crippen LogP contribution < -0.4 is 0 Å². The summed E-state index contributed by atoms with van der Waals surface area (Å²) in [6.07, 6.45) is 2.13. The highest BCUT2D eigenvalue weighted by Gasteiger charge is 2.16. The molecule has 0 radical (unpaired) electrons. The van der Waals surface area contributed by atoms with Crippen LogP contribution in [0, 0.1) is 36.5 Å². The van der Waals surface area contributed by atoms with Gasteiger partial charge in [0.05, 0.1) is 36.4 Å². The molecule has 2 aromatic rings. The molecule has 0 N–H and O–H groups in total. The quantitative estimate of drug-likeness (QED) is 0.664. The second kappa shape index (κ2) is 9.59. The van der Waals surface area contributed by atoms with Crippen molar-refractivity contribution in [2.45, 2.75) is 31.8 Å². The van der Waals surface area contributed by atoms with Crippen molar-refractivity contribution >= 4 is 17.7 Å². The zero-order valence-corrected chi connectivity index (χ0v) is 15.7. The van der Waals surface area contributed by atoms with E-state index in [4.69, 9.17) is 10.5 Å². The molecule has 8 heteroatoms. The number of hydrogen-bond acceptors (Lipinski definition) is 6. The Morgan fingerprint density at radius 1 is 1.23 bits per heavy atom. The molecule has 1 heterocycles. The van der Waals surface area contributed by atoms with E-state index >= 15 is 0 Å². The van der Waals surface area contributed by atoms with Crippen molar-refractivity contribution in [1.29, 1.82) is 10.5 Å². The molecule has 7 nitrogen and oxygen atoms in total. The highest BCUT2D eigenvalue weighted by molar-refractivity contribution is 7.99. The zero-order valence-electron chi connectivity index (χ0n) is 14.8. The molecule has 0 saturated carbocycles. The Morgan fingerprint density at radius 2 is 1.92 bits per heavy atom. The van der Waals surface area contributed by atoms with Gasteiger partial charge in [0, 0.05) is 13.1 Å². The number of aromatic nitrogens is 3. The van der Waals surface area contributed by atoms with Crippen molar-refractivity contribution in [3.05, 3.63) is 35.7 Å². The standard InChI is InChI=1S/C18H20N6OS/c1-14-5-6-16(15(2)11-14)24-13-21-22-18(24)26-12-17(25)23(9-3-7-19)10-4-8-20/h5-6,11,13H,3-4,9-10,12H2,1-2H3. The van der Waals surface area contributed by atoms with E-state index in [0.29, 0.717) is 18.2 Å². The third kappa shape index (κ3) is 5.08. The number of hydrogen-bond donors (Lipinski definition) is 0. The molecule has 1 aromatic heterocycles. The maximum Gasteiger partial charge on any atom is 0.233 e. The monoisotopic (exact) mass is 368 g/mol. The number of aryl methyl sites for hydroxylation is 2. The lowest BCUT2D eigenvalue weighted by atomic mass is 10.1. The summed E-state index contributed by atoms with van der Waals surface area (Å²) in [6, 6.07) is 10.2. The van der Waals surface area contributed by atoms with E-state index in [1.165, 1.54) is 17.3 Å². The predicted molar refractivity (Wildman–Crippen MR) is 98.6 cm³/mol. The lowest BCUT2D eigenvalue weighted by Crippen LogP contribution is -2.34. The zero-order chi connectivity index (χ0) is 18.9. The van der Waals surface area contributed by atoms with E-state index < -0.39 is 0 Å². The van der Waals surface area contributed by atoms with E-state index in [-0.39, 0.29) is 24.5 Å². The van der Waals surface area contributed by atoms with Crippen LogP contribution in [0.15, 0.2) is 29.7 Å². The second-order valence-corrected chi connectivity index (χ2v) is 6.70. The van der Waals surface area contributed by atoms with Gasteiger partial charge >= 0.3 is 0 Å². The molecular weight excluding hydrogens is 348 g/mol. The minimum atomic E-state index is -0.115. The van der Waals surface area contributed by atoms with Gasteiger partial charge in [-0.1, -0.05) is 29.5 Å². The average Bonchev–Trinajstić information content (AvgIpc) is 3.08. The molecule has 0 atom stereocenters. The molecule has 0 bridgehead atoms. The van der Waals surface area contributed by atoms with Crippen LogP contribution in [0.3, 0.4) is 0 Å². The number of nitriles is 2. The molecule has 2 rings (SSSR count). The molecular formula is C18H20N6OS. The second-order valence-electron chi connectivity index (χ2n) is 5.76. The number of benzene rings is 1. The summed E-state index contributed by atoms with van der Waals surface area (Å²) in [5, 5.41) is 26.2. The predicted octanol–water partition coefficient (Wildman–Crippen LogP) is 2.63. The maximum absolute atomic E-state index is 12.4. The molecule has 1 aromatic carbocycles. The number of amides is 1. The van der Waals surface area contributed by atoms with Crippen LogP contribution in [0.2, 0.25) is 0 Å². The molecule has 26 heavy (non-hydrogen) atoms. The summed E-state index contributed by atoms with van der Waals surface area (Å²) in [5.74, 6) is 0.0659. The largest absolute Gasteiger partial charge is 0.340 e. The summed E-state index contributed by atoms with van der Waals surface area (Å²) in [7, 11) is 0. The fraction of sp³-hybridized carbons (Fsp3) is 0.389. The molecule has 0 aliphatic heterocycles. The van der Waals surface area contributed by atoms with E-state index in [9.17, 15) is 4.79 Å². The first-order chi connectivity index (χ1) is 12.6. The Balaban J connectivity index is 2.08. The fourth-order valence-corrected chi connectivity index (χ4v) is 3.34. The lowest BCUT2D eigenvalue weighted by molar-refractivity contribution is -0.128. The Hall–Kier alpha value is -2.84. The Bertz CT molecular complexity index is 830. The van der Waals surface area contributed by atoms with Gasteiger partial charge in [-0.25, -0.2) is 0 Å². The lowest BCUT2D eigenvalue weighted by Gasteiger charge is -2.20. The highest BCUT2D eigenvalue weighted by atomic mass is 32.2. The van der Waals surface area contributed by atoms with Crippen LogP contribution in [0.4, 0.5) is 0 Å². The minimum Gasteiger partial charge on any atom is -0.340 e. The van der Waals surface area contributed by atoms with Gasteiger partial charge in [0.15, 0.2) is 5.16 Å². The topological polar surface area (TPSA) is 98.6 Å². The van der Waals surface area contributed by atoms with Gasteiger partial charge in [0.25, 0.3) is 0 Å². The van der Waals surface area contributed by atoms with Crippen LogP contribution in [0.1, 0.15) is 24.0 Å². The Labute approximate surface area is 157 Å². The SMILES string of the molecule is Cc1ccc(-n2cnnc2SCC(=O)N(CCC#N)CCC#N)c(C)c1. The highest BCUT2D eigenvalue weighted by Crippen LogP contribution is 2.23. The fourth-order valence-electron chi connectivity index (χ4n) is 2.51. The molecule has 0 spiro atoms. The van der Waals surface area contributed by atoms with Crippen LogP contribution in [-0.4, -0.2) is 44.4 Å². The molecule has 0 aliphatic carbocycles. The summed E-state index contributed by atoms with van der Waals surface area (Å²) in [6.45, 7) is 4.73. The van der Waals surface area contributed by atoms with Gasteiger partial charge in [0.2, 0.25) is 5.91 Å². The van der Waals surface area contributed by atoms with Crippen LogP contribution in [-0.2, 0) is 4.79 Å². The van der Waals surface area contributed by atoms with Gasteiger partial charge in [-0.05, 0) is 25.5 Å². The molecule has 0 saturated heterocycles. The van der Waals surface area contributed by atoms with Gasteiger partial charge in [-0.2, -0.15) is 10.5 Å². The van der Waals surface area contributed by atoms with Crippen molar-refractivity contribution in [3.8, 4) is 17.8 Å². The number of nitrogens with zero attached hydrogens (tertiary/aromatic N) is 6. The first kappa shape index (κ1) is 19.5. The smallest absolute Gasteiger partial charge is 0.233 e. The Morgan fingerprint density at radius 3 is 2.54 bits per heavy atom.